The third kappa shape index (κ3) is 3.33. The molecule has 2 aliphatic heterocycles. The number of likely N-dealkylation sites (tertiary alicyclic amines) is 1. The highest BCUT2D eigenvalue weighted by Crippen LogP contribution is 2.51. The number of benzene rings is 3. The molecule has 0 bridgehead atoms. The van der Waals surface area contributed by atoms with Gasteiger partial charge in [0.2, 0.25) is 0 Å². The Labute approximate surface area is 214 Å². The number of rotatable bonds is 4. The quantitative estimate of drug-likeness (QED) is 0.348. The van der Waals surface area contributed by atoms with Gasteiger partial charge in [-0.1, -0.05) is 71.4 Å². The predicted octanol–water partition coefficient (Wildman–Crippen LogP) is 5.01. The summed E-state index contributed by atoms with van der Waals surface area (Å²) in [5.41, 5.74) is 6.02. The SMILES string of the molecule is Cc1n(CC(=O)N2CCC3(C)c4ccccc4N(C)C23)c2ccccc2[n+]1Cc1ccccc1Br. The third-order valence-corrected chi connectivity index (χ3v) is 8.92. The van der Waals surface area contributed by atoms with Crippen molar-refractivity contribution in [2.24, 2.45) is 0 Å². The van der Waals surface area contributed by atoms with Crippen molar-refractivity contribution >= 4 is 38.6 Å². The van der Waals surface area contributed by atoms with Crippen molar-refractivity contribution in [2.75, 3.05) is 18.5 Å². The van der Waals surface area contributed by atoms with E-state index in [2.05, 4.69) is 122 Å². The van der Waals surface area contributed by atoms with Crippen LogP contribution in [0.15, 0.2) is 77.3 Å². The molecular weight excluding hydrogens is 500 g/mol. The number of para-hydroxylation sites is 3. The van der Waals surface area contributed by atoms with Crippen LogP contribution in [0.1, 0.15) is 30.3 Å². The number of imidazole rings is 1. The molecule has 3 heterocycles. The Morgan fingerprint density at radius 3 is 2.60 bits per heavy atom. The standard InChI is InChI=1S/C29H30BrN4O/c1-20-33(18-21-10-4-6-12-23(21)30)25-14-8-9-15-26(25)34(20)19-27(35)32-17-16-29(2)22-11-5-7-13-24(22)31(3)28(29)32/h4-15,28H,16-19H2,1-3H3/q+1. The number of carbonyl (C=O) groups excluding carboxylic acids is 1. The lowest BCUT2D eigenvalue weighted by atomic mass is 9.81. The molecule has 2 unspecified atom stereocenters. The molecule has 0 saturated carbocycles. The van der Waals surface area contributed by atoms with Gasteiger partial charge < -0.3 is 9.80 Å². The van der Waals surface area contributed by atoms with Crippen molar-refractivity contribution < 1.29 is 9.36 Å². The van der Waals surface area contributed by atoms with E-state index < -0.39 is 0 Å². The number of aromatic nitrogens is 2. The Bertz CT molecular complexity index is 1460. The molecule has 1 amide bonds. The van der Waals surface area contributed by atoms with Crippen LogP contribution in [0.3, 0.4) is 0 Å². The highest BCUT2D eigenvalue weighted by atomic mass is 79.9. The fourth-order valence-corrected chi connectivity index (χ4v) is 6.76. The topological polar surface area (TPSA) is 32.4 Å². The summed E-state index contributed by atoms with van der Waals surface area (Å²) in [6.07, 6.45) is 1.04. The summed E-state index contributed by atoms with van der Waals surface area (Å²) in [5.74, 6) is 1.26. The van der Waals surface area contributed by atoms with Crippen LogP contribution >= 0.6 is 15.9 Å². The summed E-state index contributed by atoms with van der Waals surface area (Å²) in [5, 5.41) is 0. The van der Waals surface area contributed by atoms with Crippen molar-refractivity contribution in [1.82, 2.24) is 9.47 Å². The van der Waals surface area contributed by atoms with Crippen LogP contribution in [0.4, 0.5) is 5.69 Å². The van der Waals surface area contributed by atoms with E-state index in [-0.39, 0.29) is 17.5 Å². The Kier molecular flexibility index (Phi) is 5.26. The van der Waals surface area contributed by atoms with Crippen molar-refractivity contribution in [3.05, 3.63) is 94.2 Å². The molecule has 35 heavy (non-hydrogen) atoms. The predicted molar refractivity (Wildman–Crippen MR) is 142 cm³/mol. The Balaban J connectivity index is 1.34. The molecule has 2 atom stereocenters. The maximum atomic E-state index is 13.9. The largest absolute Gasteiger partial charge is 0.353 e. The number of nitrogens with zero attached hydrogens (tertiary/aromatic N) is 4. The summed E-state index contributed by atoms with van der Waals surface area (Å²) < 4.78 is 5.60. The first-order chi connectivity index (χ1) is 16.9. The van der Waals surface area contributed by atoms with Crippen molar-refractivity contribution in [3.8, 4) is 0 Å². The van der Waals surface area contributed by atoms with Crippen LogP contribution in [0.5, 0.6) is 0 Å². The molecule has 0 radical (unpaired) electrons. The monoisotopic (exact) mass is 529 g/mol. The van der Waals surface area contributed by atoms with Crippen LogP contribution in [0, 0.1) is 6.92 Å². The van der Waals surface area contributed by atoms with Crippen molar-refractivity contribution in [1.29, 1.82) is 0 Å². The van der Waals surface area contributed by atoms with E-state index in [1.165, 1.54) is 16.8 Å². The lowest BCUT2D eigenvalue weighted by Gasteiger charge is -2.34. The molecule has 1 saturated heterocycles. The van der Waals surface area contributed by atoms with E-state index in [1.807, 2.05) is 6.07 Å². The first-order valence-electron chi connectivity index (χ1n) is 12.2. The minimum Gasteiger partial charge on any atom is -0.353 e. The number of hydrogen-bond donors (Lipinski definition) is 0. The number of halogens is 1. The first-order valence-corrected chi connectivity index (χ1v) is 13.0. The van der Waals surface area contributed by atoms with Crippen LogP contribution in [-0.2, 0) is 23.3 Å². The number of hydrogen-bond acceptors (Lipinski definition) is 2. The summed E-state index contributed by atoms with van der Waals surface area (Å²) in [6, 6.07) is 25.3. The molecule has 0 N–H and O–H groups in total. The van der Waals surface area contributed by atoms with E-state index >= 15 is 0 Å². The summed E-state index contributed by atoms with van der Waals surface area (Å²) in [7, 11) is 2.13. The first kappa shape index (κ1) is 22.4. The summed E-state index contributed by atoms with van der Waals surface area (Å²) in [6.45, 7) is 6.31. The van der Waals surface area contributed by atoms with Crippen LogP contribution in [-0.4, -0.2) is 35.1 Å². The number of amides is 1. The average Bonchev–Trinajstić information content (AvgIpc) is 3.43. The van der Waals surface area contributed by atoms with Crippen LogP contribution in [0.2, 0.25) is 0 Å². The molecule has 6 heteroatoms. The van der Waals surface area contributed by atoms with Gasteiger partial charge in [0, 0.05) is 41.7 Å². The number of anilines is 1. The maximum absolute atomic E-state index is 13.9. The molecule has 178 valence electrons. The zero-order chi connectivity index (χ0) is 24.3. The molecule has 1 fully saturated rings. The average molecular weight is 530 g/mol. The molecule has 1 aromatic heterocycles. The zero-order valence-electron chi connectivity index (χ0n) is 20.4. The van der Waals surface area contributed by atoms with E-state index in [9.17, 15) is 4.79 Å². The fourth-order valence-electron chi connectivity index (χ4n) is 6.35. The highest BCUT2D eigenvalue weighted by Gasteiger charge is 2.54. The minimum atomic E-state index is -0.0334. The van der Waals surface area contributed by atoms with Gasteiger partial charge in [0.15, 0.2) is 17.6 Å². The normalized spacial score (nSPS) is 21.0. The molecule has 0 aliphatic carbocycles. The van der Waals surface area contributed by atoms with Crippen molar-refractivity contribution in [3.63, 3.8) is 0 Å². The van der Waals surface area contributed by atoms with Gasteiger partial charge in [-0.25, -0.2) is 9.13 Å². The van der Waals surface area contributed by atoms with E-state index in [1.54, 1.807) is 0 Å². The Morgan fingerprint density at radius 2 is 1.77 bits per heavy atom. The lowest BCUT2D eigenvalue weighted by Crippen LogP contribution is -2.50. The van der Waals surface area contributed by atoms with Crippen LogP contribution in [0.25, 0.3) is 11.0 Å². The number of carbonyl (C=O) groups is 1. The molecule has 3 aromatic carbocycles. The van der Waals surface area contributed by atoms with Gasteiger partial charge >= 0.3 is 0 Å². The summed E-state index contributed by atoms with van der Waals surface area (Å²) in [4.78, 5) is 18.3. The fraction of sp³-hybridized carbons (Fsp3) is 0.310. The van der Waals surface area contributed by atoms with Gasteiger partial charge in [0.25, 0.3) is 11.7 Å². The Morgan fingerprint density at radius 1 is 1.06 bits per heavy atom. The molecule has 5 nitrogen and oxygen atoms in total. The second kappa shape index (κ2) is 8.23. The van der Waals surface area contributed by atoms with Crippen molar-refractivity contribution in [2.45, 2.75) is 44.9 Å². The Hall–Kier alpha value is -3.12. The number of fused-ring (bicyclic) bond motifs is 4. The van der Waals surface area contributed by atoms with Crippen LogP contribution < -0.4 is 9.47 Å². The van der Waals surface area contributed by atoms with Gasteiger partial charge in [0.05, 0.1) is 0 Å². The highest BCUT2D eigenvalue weighted by molar-refractivity contribution is 9.10. The third-order valence-electron chi connectivity index (χ3n) is 8.15. The molecular formula is C29H30BrN4O+. The minimum absolute atomic E-state index is 0.0334. The number of likely N-dealkylation sites (N-methyl/N-ethyl adjacent to an activating group) is 1. The van der Waals surface area contributed by atoms with Gasteiger partial charge in [-0.05, 0) is 36.2 Å². The maximum Gasteiger partial charge on any atom is 0.266 e. The van der Waals surface area contributed by atoms with Gasteiger partial charge in [-0.2, -0.15) is 0 Å². The van der Waals surface area contributed by atoms with Gasteiger partial charge in [-0.3, -0.25) is 4.79 Å². The second-order valence-corrected chi connectivity index (χ2v) is 10.9. The summed E-state index contributed by atoms with van der Waals surface area (Å²) >= 11 is 3.70. The molecule has 4 aromatic rings. The van der Waals surface area contributed by atoms with E-state index in [4.69, 9.17) is 0 Å². The molecule has 0 spiro atoms. The lowest BCUT2D eigenvalue weighted by molar-refractivity contribution is -0.669. The second-order valence-electron chi connectivity index (χ2n) is 10.1. The molecule has 6 rings (SSSR count). The van der Waals surface area contributed by atoms with E-state index in [0.717, 1.165) is 40.8 Å². The van der Waals surface area contributed by atoms with Gasteiger partial charge in [0.1, 0.15) is 12.7 Å². The zero-order valence-corrected chi connectivity index (χ0v) is 22.0. The molecule has 2 aliphatic rings. The smallest absolute Gasteiger partial charge is 0.266 e. The van der Waals surface area contributed by atoms with Gasteiger partial charge in [-0.15, -0.1) is 0 Å². The van der Waals surface area contributed by atoms with E-state index in [0.29, 0.717) is 6.54 Å².